The van der Waals surface area contributed by atoms with Crippen molar-refractivity contribution in [2.45, 2.75) is 57.3 Å². The second-order valence-corrected chi connectivity index (χ2v) is 12.6. The molecule has 0 saturated heterocycles. The number of benzene rings is 1. The lowest BCUT2D eigenvalue weighted by atomic mass is 10.1. The van der Waals surface area contributed by atoms with Gasteiger partial charge in [0.15, 0.2) is 8.32 Å². The van der Waals surface area contributed by atoms with Crippen molar-refractivity contribution >= 4 is 18.4 Å². The molecule has 0 heterocycles. The summed E-state index contributed by atoms with van der Waals surface area (Å²) in [6.45, 7) is 12.1. The van der Waals surface area contributed by atoms with Crippen LogP contribution in [0.3, 0.4) is 0 Å². The summed E-state index contributed by atoms with van der Waals surface area (Å²) in [6.07, 6.45) is 0.695. The van der Waals surface area contributed by atoms with Gasteiger partial charge in [-0.25, -0.2) is 0 Å². The highest BCUT2D eigenvalue weighted by Crippen LogP contribution is 2.24. The summed E-state index contributed by atoms with van der Waals surface area (Å²) >= 11 is 0. The van der Waals surface area contributed by atoms with Crippen LogP contribution in [-0.2, 0) is 18.7 Å². The lowest BCUT2D eigenvalue weighted by Crippen LogP contribution is -2.43. The first-order valence-electron chi connectivity index (χ1n) is 7.14. The van der Waals surface area contributed by atoms with E-state index < -0.39 is 24.0 Å². The van der Waals surface area contributed by atoms with Crippen LogP contribution in [0.4, 0.5) is 0 Å². The zero-order chi connectivity index (χ0) is 16.3. The van der Waals surface area contributed by atoms with Gasteiger partial charge in [-0.2, -0.15) is 8.42 Å². The molecule has 1 aromatic carbocycles. The molecular formula is C15H26O4SSi. The Bertz CT molecular complexity index is 560. The molecule has 1 unspecified atom stereocenters. The molecule has 1 rings (SSSR count). The van der Waals surface area contributed by atoms with Gasteiger partial charge in [0.1, 0.15) is 0 Å². The molecule has 1 atom stereocenters. The summed E-state index contributed by atoms with van der Waals surface area (Å²) in [5, 5.41) is 0. The Morgan fingerprint density at radius 2 is 1.67 bits per heavy atom. The van der Waals surface area contributed by atoms with Crippen LogP contribution in [0.5, 0.6) is 0 Å². The maximum Gasteiger partial charge on any atom is 0.297 e. The Labute approximate surface area is 129 Å². The number of hydrogen-bond acceptors (Lipinski definition) is 4. The monoisotopic (exact) mass is 330 g/mol. The highest BCUT2D eigenvalue weighted by atomic mass is 32.2. The van der Waals surface area contributed by atoms with E-state index in [-0.39, 0.29) is 11.5 Å². The third kappa shape index (κ3) is 5.90. The highest BCUT2D eigenvalue weighted by Gasteiger charge is 2.32. The van der Waals surface area contributed by atoms with E-state index in [0.29, 0.717) is 6.42 Å². The molecule has 0 radical (unpaired) electrons. The maximum absolute atomic E-state index is 12.2. The average molecular weight is 331 g/mol. The van der Waals surface area contributed by atoms with Gasteiger partial charge in [-0.15, -0.1) is 0 Å². The fraction of sp³-hybridized carbons (Fsp3) is 0.600. The summed E-state index contributed by atoms with van der Waals surface area (Å²) in [6, 6.07) is 6.64. The fourth-order valence-electron chi connectivity index (χ4n) is 1.92. The summed E-state index contributed by atoms with van der Waals surface area (Å²) in [5.41, 5.74) is 0.428. The number of hydrogen-bond donors (Lipinski definition) is 0. The van der Waals surface area contributed by atoms with Gasteiger partial charge >= 0.3 is 0 Å². The molecule has 0 aliphatic rings. The van der Waals surface area contributed by atoms with E-state index in [2.05, 4.69) is 19.6 Å². The summed E-state index contributed by atoms with van der Waals surface area (Å²) in [5.74, 6) is 0. The Hall–Kier alpha value is -0.693. The molecule has 0 N–H and O–H groups in total. The molecule has 0 spiro atoms. The van der Waals surface area contributed by atoms with Crippen LogP contribution in [0.25, 0.3) is 0 Å². The van der Waals surface area contributed by atoms with E-state index in [1.165, 1.54) is 0 Å². The normalized spacial score (nSPS) is 15.7. The molecule has 0 bridgehead atoms. The van der Waals surface area contributed by atoms with Crippen LogP contribution in [0.1, 0.15) is 25.8 Å². The van der Waals surface area contributed by atoms with Crippen molar-refractivity contribution in [2.24, 2.45) is 0 Å². The SMILES string of the molecule is CCC(C)(COS(=O)(=O)c1ccc(C)cc1)O[Si](C)(C)C. The Kier molecular flexibility index (Phi) is 5.77. The largest absolute Gasteiger partial charge is 0.410 e. The molecule has 120 valence electrons. The molecule has 21 heavy (non-hydrogen) atoms. The average Bonchev–Trinajstić information content (AvgIpc) is 2.35. The second-order valence-electron chi connectivity index (χ2n) is 6.55. The quantitative estimate of drug-likeness (QED) is 0.565. The Balaban J connectivity index is 2.82. The lowest BCUT2D eigenvalue weighted by molar-refractivity contribution is 0.0275. The topological polar surface area (TPSA) is 52.6 Å². The van der Waals surface area contributed by atoms with Crippen LogP contribution < -0.4 is 0 Å². The first kappa shape index (κ1) is 18.4. The van der Waals surface area contributed by atoms with Crippen LogP contribution in [0, 0.1) is 6.92 Å². The summed E-state index contributed by atoms with van der Waals surface area (Å²) in [7, 11) is -5.51. The third-order valence-corrected chi connectivity index (χ3v) is 5.51. The smallest absolute Gasteiger partial charge is 0.297 e. The van der Waals surface area contributed by atoms with Gasteiger partial charge in [-0.3, -0.25) is 4.18 Å². The molecule has 0 aromatic heterocycles. The first-order valence-corrected chi connectivity index (χ1v) is 12.0. The Morgan fingerprint density at radius 3 is 2.10 bits per heavy atom. The zero-order valence-corrected chi connectivity index (χ0v) is 15.6. The van der Waals surface area contributed by atoms with Crippen molar-refractivity contribution in [1.82, 2.24) is 0 Å². The van der Waals surface area contributed by atoms with Crippen LogP contribution in [-0.4, -0.2) is 28.9 Å². The zero-order valence-electron chi connectivity index (χ0n) is 13.8. The fourth-order valence-corrected chi connectivity index (χ4v) is 4.61. The van der Waals surface area contributed by atoms with Crippen molar-refractivity contribution in [2.75, 3.05) is 6.61 Å². The second kappa shape index (κ2) is 6.60. The van der Waals surface area contributed by atoms with Gasteiger partial charge in [0.05, 0.1) is 17.1 Å². The molecule has 0 aliphatic heterocycles. The molecule has 0 saturated carbocycles. The predicted molar refractivity (Wildman–Crippen MR) is 87.4 cm³/mol. The van der Waals surface area contributed by atoms with Crippen molar-refractivity contribution in [3.63, 3.8) is 0 Å². The van der Waals surface area contributed by atoms with Crippen molar-refractivity contribution < 1.29 is 17.0 Å². The van der Waals surface area contributed by atoms with E-state index >= 15 is 0 Å². The predicted octanol–water partition coefficient (Wildman–Crippen LogP) is 3.72. The van der Waals surface area contributed by atoms with Gasteiger partial charge in [0, 0.05) is 0 Å². The van der Waals surface area contributed by atoms with Crippen LogP contribution in [0.15, 0.2) is 29.2 Å². The molecule has 0 fully saturated rings. The molecular weight excluding hydrogens is 304 g/mol. The van der Waals surface area contributed by atoms with E-state index in [0.717, 1.165) is 5.56 Å². The van der Waals surface area contributed by atoms with Gasteiger partial charge in [-0.1, -0.05) is 24.6 Å². The third-order valence-electron chi connectivity index (χ3n) is 3.13. The summed E-state index contributed by atoms with van der Waals surface area (Å²) in [4.78, 5) is 0.180. The van der Waals surface area contributed by atoms with E-state index in [9.17, 15) is 8.42 Å². The van der Waals surface area contributed by atoms with E-state index in [1.807, 2.05) is 20.8 Å². The number of aryl methyl sites for hydroxylation is 1. The van der Waals surface area contributed by atoms with Crippen molar-refractivity contribution in [3.8, 4) is 0 Å². The molecule has 0 aliphatic carbocycles. The first-order chi connectivity index (χ1) is 9.47. The number of rotatable bonds is 7. The summed E-state index contributed by atoms with van der Waals surface area (Å²) < 4.78 is 35.7. The minimum absolute atomic E-state index is 0.0317. The highest BCUT2D eigenvalue weighted by molar-refractivity contribution is 7.86. The van der Waals surface area contributed by atoms with Crippen LogP contribution in [0.2, 0.25) is 19.6 Å². The minimum Gasteiger partial charge on any atom is -0.410 e. The van der Waals surface area contributed by atoms with Crippen molar-refractivity contribution in [3.05, 3.63) is 29.8 Å². The minimum atomic E-state index is -3.74. The van der Waals surface area contributed by atoms with Gasteiger partial charge in [-0.05, 0) is 52.0 Å². The van der Waals surface area contributed by atoms with Gasteiger partial charge in [0.25, 0.3) is 10.1 Å². The van der Waals surface area contributed by atoms with Gasteiger partial charge < -0.3 is 4.43 Å². The Morgan fingerprint density at radius 1 is 1.14 bits per heavy atom. The molecule has 1 aromatic rings. The maximum atomic E-state index is 12.2. The van der Waals surface area contributed by atoms with Crippen LogP contribution >= 0.6 is 0 Å². The van der Waals surface area contributed by atoms with Gasteiger partial charge in [0.2, 0.25) is 0 Å². The molecule has 4 nitrogen and oxygen atoms in total. The standard InChI is InChI=1S/C15H26O4SSi/c1-7-15(3,19-21(4,5)6)12-18-20(16,17)14-10-8-13(2)9-11-14/h8-11H,7,12H2,1-6H3. The molecule has 6 heteroatoms. The van der Waals surface area contributed by atoms with E-state index in [1.54, 1.807) is 24.3 Å². The van der Waals surface area contributed by atoms with E-state index in [4.69, 9.17) is 8.61 Å². The lowest BCUT2D eigenvalue weighted by Gasteiger charge is -2.35. The molecule has 0 amide bonds. The van der Waals surface area contributed by atoms with Crippen molar-refractivity contribution in [1.29, 1.82) is 0 Å².